The quantitative estimate of drug-likeness (QED) is 0.258. The summed E-state index contributed by atoms with van der Waals surface area (Å²) in [6, 6.07) is 15.6. The molecule has 2 N–H and O–H groups in total. The third-order valence-corrected chi connectivity index (χ3v) is 8.31. The van der Waals surface area contributed by atoms with Crippen molar-refractivity contribution < 1.29 is 37.3 Å². The Labute approximate surface area is 253 Å². The van der Waals surface area contributed by atoms with Gasteiger partial charge in [-0.2, -0.15) is 0 Å². The first kappa shape index (κ1) is 32.0. The maximum atomic E-state index is 13.4. The molecule has 1 aliphatic rings. The van der Waals surface area contributed by atoms with Crippen LogP contribution in [-0.4, -0.2) is 56.7 Å². The van der Waals surface area contributed by atoms with E-state index in [1.54, 1.807) is 12.1 Å². The summed E-state index contributed by atoms with van der Waals surface area (Å²) in [4.78, 5) is 25.2. The number of aliphatic carboxylic acids is 1. The van der Waals surface area contributed by atoms with Gasteiger partial charge in [-0.3, -0.25) is 4.79 Å². The number of carboxylic acids is 1. The molecule has 9 nitrogen and oxygen atoms in total. The summed E-state index contributed by atoms with van der Waals surface area (Å²) >= 11 is 0. The zero-order valence-corrected chi connectivity index (χ0v) is 25.7. The highest BCUT2D eigenvalue weighted by atomic mass is 32.2. The van der Waals surface area contributed by atoms with Crippen LogP contribution >= 0.6 is 0 Å². The number of sulfone groups is 1. The number of amides is 1. The van der Waals surface area contributed by atoms with E-state index in [4.69, 9.17) is 14.2 Å². The third-order valence-electron chi connectivity index (χ3n) is 7.33. The van der Waals surface area contributed by atoms with Gasteiger partial charge in [0.25, 0.3) is 5.91 Å². The van der Waals surface area contributed by atoms with Crippen molar-refractivity contribution in [2.45, 2.75) is 58.8 Å². The van der Waals surface area contributed by atoms with Crippen LogP contribution in [0.1, 0.15) is 58.8 Å². The summed E-state index contributed by atoms with van der Waals surface area (Å²) in [5.41, 5.74) is 5.74. The molecule has 0 saturated heterocycles. The van der Waals surface area contributed by atoms with Crippen LogP contribution in [0.25, 0.3) is 11.1 Å². The van der Waals surface area contributed by atoms with E-state index in [-0.39, 0.29) is 24.3 Å². The summed E-state index contributed by atoms with van der Waals surface area (Å²) < 4.78 is 40.9. The Morgan fingerprint density at radius 2 is 1.67 bits per heavy atom. The topological polar surface area (TPSA) is 128 Å². The molecule has 0 spiro atoms. The fourth-order valence-corrected chi connectivity index (χ4v) is 5.65. The second kappa shape index (κ2) is 14.5. The number of carbonyl (C=O) groups excluding carboxylic acids is 1. The number of rotatable bonds is 14. The molecule has 0 aromatic heterocycles. The Balaban J connectivity index is 1.56. The lowest BCUT2D eigenvalue weighted by atomic mass is 9.93. The van der Waals surface area contributed by atoms with Crippen molar-refractivity contribution >= 4 is 21.7 Å². The molecule has 0 aliphatic carbocycles. The van der Waals surface area contributed by atoms with E-state index >= 15 is 0 Å². The number of carbonyl (C=O) groups is 2. The monoisotopic (exact) mass is 609 g/mol. The fourth-order valence-electron chi connectivity index (χ4n) is 4.99. The van der Waals surface area contributed by atoms with E-state index in [0.717, 1.165) is 59.3 Å². The first-order valence-electron chi connectivity index (χ1n) is 14.4. The van der Waals surface area contributed by atoms with Crippen molar-refractivity contribution in [2.75, 3.05) is 25.2 Å². The van der Waals surface area contributed by atoms with Crippen molar-refractivity contribution in [3.8, 4) is 22.6 Å². The lowest BCUT2D eigenvalue weighted by molar-refractivity contribution is -0.139. The van der Waals surface area contributed by atoms with Crippen LogP contribution in [0.15, 0.2) is 54.6 Å². The van der Waals surface area contributed by atoms with Gasteiger partial charge in [0, 0.05) is 11.8 Å². The maximum Gasteiger partial charge on any atom is 0.326 e. The first-order valence-corrected chi connectivity index (χ1v) is 16.5. The zero-order valence-electron chi connectivity index (χ0n) is 24.9. The minimum atomic E-state index is -3.40. The average Bonchev–Trinajstić information content (AvgIpc) is 2.97. The van der Waals surface area contributed by atoms with Gasteiger partial charge in [-0.1, -0.05) is 43.7 Å². The molecule has 0 fully saturated rings. The van der Waals surface area contributed by atoms with Crippen LogP contribution in [0.2, 0.25) is 0 Å². The second-order valence-corrected chi connectivity index (χ2v) is 13.1. The molecule has 0 bridgehead atoms. The molecular weight excluding hydrogens is 570 g/mol. The molecular formula is C33H39NO8S. The van der Waals surface area contributed by atoms with E-state index in [0.29, 0.717) is 25.4 Å². The first-order chi connectivity index (χ1) is 20.6. The zero-order chi connectivity index (χ0) is 31.0. The van der Waals surface area contributed by atoms with E-state index in [9.17, 15) is 23.1 Å². The van der Waals surface area contributed by atoms with Gasteiger partial charge in [-0.15, -0.1) is 0 Å². The fraction of sp³-hybridized carbons (Fsp3) is 0.394. The van der Waals surface area contributed by atoms with Crippen LogP contribution in [0, 0.1) is 6.92 Å². The standard InChI is InChI=1S/C33H39NO8S/c1-4-5-9-24-18-30-31(42-15-14-41-30)19-25(24)21-40-20-23-11-12-27(28(17-23)26-10-7-6-8-22(26)2)32(35)34-29(33(36)37)13-16-43(3,38)39/h6-8,10-12,17-19,29H,4-5,9,13-16,20-21H2,1-3H3,(H,34,35)(H,36,37). The summed E-state index contributed by atoms with van der Waals surface area (Å²) in [5, 5.41) is 12.1. The SMILES string of the molecule is CCCCc1cc2c(cc1COCc1ccc(C(=O)NC(CCS(C)(=O)=O)C(=O)O)c(-c3ccccc3C)c1)OCCO2. The van der Waals surface area contributed by atoms with Gasteiger partial charge in [0.15, 0.2) is 11.5 Å². The smallest absolute Gasteiger partial charge is 0.326 e. The van der Waals surface area contributed by atoms with Crippen LogP contribution in [0.3, 0.4) is 0 Å². The molecule has 10 heteroatoms. The average molecular weight is 610 g/mol. The summed E-state index contributed by atoms with van der Waals surface area (Å²) in [5.74, 6) is -0.757. The number of nitrogens with one attached hydrogen (secondary N) is 1. The number of ether oxygens (including phenoxy) is 3. The van der Waals surface area contributed by atoms with Gasteiger partial charge in [-0.25, -0.2) is 13.2 Å². The Morgan fingerprint density at radius 1 is 0.977 bits per heavy atom. The predicted molar refractivity (Wildman–Crippen MR) is 164 cm³/mol. The molecule has 1 unspecified atom stereocenters. The minimum Gasteiger partial charge on any atom is -0.486 e. The molecule has 1 atom stereocenters. The lowest BCUT2D eigenvalue weighted by Crippen LogP contribution is -2.42. The van der Waals surface area contributed by atoms with E-state index < -0.39 is 27.8 Å². The van der Waals surface area contributed by atoms with Gasteiger partial charge in [0.2, 0.25) is 0 Å². The highest BCUT2D eigenvalue weighted by molar-refractivity contribution is 7.90. The van der Waals surface area contributed by atoms with Crippen molar-refractivity contribution in [3.05, 3.63) is 82.4 Å². The maximum absolute atomic E-state index is 13.4. The van der Waals surface area contributed by atoms with E-state index in [1.807, 2.05) is 49.4 Å². The van der Waals surface area contributed by atoms with Crippen molar-refractivity contribution in [3.63, 3.8) is 0 Å². The molecule has 230 valence electrons. The summed E-state index contributed by atoms with van der Waals surface area (Å²) in [7, 11) is -3.40. The molecule has 3 aromatic carbocycles. The summed E-state index contributed by atoms with van der Waals surface area (Å²) in [6.45, 7) is 5.79. The second-order valence-electron chi connectivity index (χ2n) is 10.8. The Hall–Kier alpha value is -3.89. The molecule has 1 aliphatic heterocycles. The Bertz CT molecular complexity index is 1570. The van der Waals surface area contributed by atoms with E-state index in [1.165, 1.54) is 5.56 Å². The number of hydrogen-bond donors (Lipinski definition) is 2. The van der Waals surface area contributed by atoms with Gasteiger partial charge >= 0.3 is 5.97 Å². The number of fused-ring (bicyclic) bond motifs is 1. The predicted octanol–water partition coefficient (Wildman–Crippen LogP) is 5.11. The van der Waals surface area contributed by atoms with Crippen molar-refractivity contribution in [1.82, 2.24) is 5.32 Å². The lowest BCUT2D eigenvalue weighted by Gasteiger charge is -2.21. The van der Waals surface area contributed by atoms with Crippen LogP contribution in [0.5, 0.6) is 11.5 Å². The van der Waals surface area contributed by atoms with Crippen LogP contribution in [-0.2, 0) is 39.0 Å². The molecule has 43 heavy (non-hydrogen) atoms. The van der Waals surface area contributed by atoms with Gasteiger partial charge < -0.3 is 24.6 Å². The molecule has 1 heterocycles. The molecule has 4 rings (SSSR count). The van der Waals surface area contributed by atoms with Gasteiger partial charge in [0.1, 0.15) is 29.1 Å². The summed E-state index contributed by atoms with van der Waals surface area (Å²) in [6.07, 6.45) is 3.83. The molecule has 0 saturated carbocycles. The van der Waals surface area contributed by atoms with Crippen LogP contribution < -0.4 is 14.8 Å². The number of aryl methyl sites for hydroxylation is 2. The van der Waals surface area contributed by atoms with Crippen molar-refractivity contribution in [2.24, 2.45) is 0 Å². The number of hydrogen-bond acceptors (Lipinski definition) is 7. The highest BCUT2D eigenvalue weighted by Gasteiger charge is 2.24. The number of benzene rings is 3. The Kier molecular flexibility index (Phi) is 10.8. The number of carboxylic acid groups (broad SMARTS) is 1. The van der Waals surface area contributed by atoms with Gasteiger partial charge in [-0.05, 0) is 83.8 Å². The van der Waals surface area contributed by atoms with Gasteiger partial charge in [0.05, 0.1) is 19.0 Å². The highest BCUT2D eigenvalue weighted by Crippen LogP contribution is 2.34. The third kappa shape index (κ3) is 8.81. The normalized spacial score (nSPS) is 13.4. The molecule has 1 amide bonds. The minimum absolute atomic E-state index is 0.231. The largest absolute Gasteiger partial charge is 0.486 e. The Morgan fingerprint density at radius 3 is 2.33 bits per heavy atom. The molecule has 3 aromatic rings. The number of unbranched alkanes of at least 4 members (excludes halogenated alkanes) is 1. The van der Waals surface area contributed by atoms with Crippen LogP contribution in [0.4, 0.5) is 0 Å². The van der Waals surface area contributed by atoms with Crippen molar-refractivity contribution in [1.29, 1.82) is 0 Å². The van der Waals surface area contributed by atoms with E-state index in [2.05, 4.69) is 12.2 Å². The molecule has 0 radical (unpaired) electrons.